The number of alkyl halides is 1. The average molecular weight is 214 g/mol. The molecular weight excluding hydrogens is 199 g/mol. The summed E-state index contributed by atoms with van der Waals surface area (Å²) < 4.78 is 13.5. The molecule has 0 radical (unpaired) electrons. The third kappa shape index (κ3) is 2.26. The molecule has 0 aromatic carbocycles. The van der Waals surface area contributed by atoms with Crippen molar-refractivity contribution in [2.75, 3.05) is 26.0 Å². The molecule has 0 aliphatic rings. The number of hydrogen-bond donors (Lipinski definition) is 1. The van der Waals surface area contributed by atoms with E-state index in [-0.39, 0.29) is 23.8 Å². The van der Waals surface area contributed by atoms with Crippen LogP contribution in [0.3, 0.4) is 0 Å². The zero-order valence-corrected chi connectivity index (χ0v) is 8.90. The van der Waals surface area contributed by atoms with Crippen LogP contribution in [-0.4, -0.2) is 40.9 Å². The summed E-state index contributed by atoms with van der Waals surface area (Å²) in [5.41, 5.74) is 6.16. The minimum atomic E-state index is -0.572. The molecule has 2 N–H and O–H groups in total. The second-order valence-electron chi connectivity index (χ2n) is 3.18. The van der Waals surface area contributed by atoms with Crippen molar-refractivity contribution in [3.05, 3.63) is 11.9 Å². The van der Waals surface area contributed by atoms with Crippen LogP contribution in [0.1, 0.15) is 17.4 Å². The van der Waals surface area contributed by atoms with Gasteiger partial charge in [0, 0.05) is 13.6 Å². The van der Waals surface area contributed by atoms with E-state index in [2.05, 4.69) is 5.10 Å². The summed E-state index contributed by atoms with van der Waals surface area (Å²) in [7, 11) is 1.66. The molecule has 6 heteroatoms. The van der Waals surface area contributed by atoms with Gasteiger partial charge in [-0.1, -0.05) is 0 Å². The highest BCUT2D eigenvalue weighted by molar-refractivity contribution is 5.97. The topological polar surface area (TPSA) is 64.2 Å². The quantitative estimate of drug-likeness (QED) is 0.795. The van der Waals surface area contributed by atoms with Crippen LogP contribution in [0, 0.1) is 0 Å². The first-order valence-corrected chi connectivity index (χ1v) is 4.74. The fourth-order valence-corrected chi connectivity index (χ4v) is 1.21. The van der Waals surface area contributed by atoms with E-state index >= 15 is 0 Å². The summed E-state index contributed by atoms with van der Waals surface area (Å²) in [6, 6.07) is 0. The molecule has 1 heterocycles. The van der Waals surface area contributed by atoms with Gasteiger partial charge in [0.25, 0.3) is 5.91 Å². The molecule has 0 saturated heterocycles. The number of carbonyl (C=O) groups is 1. The lowest BCUT2D eigenvalue weighted by atomic mass is 10.3. The molecule has 0 aliphatic heterocycles. The summed E-state index contributed by atoms with van der Waals surface area (Å²) >= 11 is 0. The molecule has 1 aromatic rings. The van der Waals surface area contributed by atoms with Crippen LogP contribution in [0.5, 0.6) is 0 Å². The van der Waals surface area contributed by atoms with Gasteiger partial charge in [-0.25, -0.2) is 4.39 Å². The fraction of sp³-hybridized carbons (Fsp3) is 0.556. The van der Waals surface area contributed by atoms with Crippen LogP contribution in [-0.2, 0) is 6.54 Å². The molecule has 0 bridgehead atoms. The summed E-state index contributed by atoms with van der Waals surface area (Å²) in [4.78, 5) is 13.3. The number of rotatable bonds is 4. The Morgan fingerprint density at radius 1 is 1.73 bits per heavy atom. The molecular formula is C9H15FN4O. The first-order chi connectivity index (χ1) is 7.11. The summed E-state index contributed by atoms with van der Waals surface area (Å²) in [5.74, 6) is -0.235. The molecule has 1 amide bonds. The van der Waals surface area contributed by atoms with E-state index in [0.717, 1.165) is 0 Å². The van der Waals surface area contributed by atoms with Crippen molar-refractivity contribution in [1.82, 2.24) is 14.7 Å². The van der Waals surface area contributed by atoms with Gasteiger partial charge in [0.2, 0.25) is 0 Å². The fourth-order valence-electron chi connectivity index (χ4n) is 1.21. The van der Waals surface area contributed by atoms with Gasteiger partial charge in [-0.05, 0) is 6.92 Å². The molecule has 0 saturated carbocycles. The van der Waals surface area contributed by atoms with E-state index in [0.29, 0.717) is 6.54 Å². The predicted octanol–water partition coefficient (Wildman–Crippen LogP) is 0.527. The Bertz CT molecular complexity index is 350. The number of nitrogens with two attached hydrogens (primary N) is 1. The second kappa shape index (κ2) is 4.77. The number of hydrogen-bond acceptors (Lipinski definition) is 3. The third-order valence-corrected chi connectivity index (χ3v) is 2.19. The number of halogens is 1. The third-order valence-electron chi connectivity index (χ3n) is 2.19. The molecule has 1 aromatic heterocycles. The van der Waals surface area contributed by atoms with Crippen molar-refractivity contribution in [3.63, 3.8) is 0 Å². The number of nitrogen functional groups attached to an aromatic ring is 1. The van der Waals surface area contributed by atoms with Gasteiger partial charge in [-0.2, -0.15) is 5.10 Å². The molecule has 0 atom stereocenters. The number of carbonyl (C=O) groups excluding carboxylic acids is 1. The normalized spacial score (nSPS) is 10.3. The highest BCUT2D eigenvalue weighted by atomic mass is 19.1. The Labute approximate surface area is 87.7 Å². The molecule has 0 unspecified atom stereocenters. The van der Waals surface area contributed by atoms with Crippen molar-refractivity contribution in [1.29, 1.82) is 0 Å². The number of amides is 1. The Morgan fingerprint density at radius 3 is 2.93 bits per heavy atom. The zero-order valence-electron chi connectivity index (χ0n) is 8.90. The number of nitrogens with zero attached hydrogens (tertiary/aromatic N) is 3. The van der Waals surface area contributed by atoms with Gasteiger partial charge in [-0.15, -0.1) is 0 Å². The van der Waals surface area contributed by atoms with Crippen LogP contribution in [0.15, 0.2) is 6.20 Å². The smallest absolute Gasteiger partial charge is 0.274 e. The summed E-state index contributed by atoms with van der Waals surface area (Å²) in [5, 5.41) is 3.85. The first kappa shape index (κ1) is 11.5. The van der Waals surface area contributed by atoms with Gasteiger partial charge in [0.05, 0.1) is 18.4 Å². The van der Waals surface area contributed by atoms with E-state index in [1.165, 1.54) is 15.8 Å². The molecule has 1 rings (SSSR count). The molecule has 15 heavy (non-hydrogen) atoms. The van der Waals surface area contributed by atoms with E-state index in [1.54, 1.807) is 7.05 Å². The number of aromatic nitrogens is 2. The summed E-state index contributed by atoms with van der Waals surface area (Å²) in [6.07, 6.45) is 1.37. The SMILES string of the molecule is CCN(C)C(=O)c1c(N)cnn1CCF. The predicted molar refractivity (Wildman–Crippen MR) is 55.2 cm³/mol. The lowest BCUT2D eigenvalue weighted by Crippen LogP contribution is -2.29. The maximum Gasteiger partial charge on any atom is 0.274 e. The lowest BCUT2D eigenvalue weighted by Gasteiger charge is -2.15. The minimum Gasteiger partial charge on any atom is -0.396 e. The van der Waals surface area contributed by atoms with Crippen molar-refractivity contribution >= 4 is 11.6 Å². The maximum absolute atomic E-state index is 12.2. The van der Waals surface area contributed by atoms with Crippen LogP contribution < -0.4 is 5.73 Å². The Hall–Kier alpha value is -1.59. The van der Waals surface area contributed by atoms with Crippen LogP contribution >= 0.6 is 0 Å². The van der Waals surface area contributed by atoms with E-state index < -0.39 is 6.67 Å². The highest BCUT2D eigenvalue weighted by Crippen LogP contribution is 2.12. The average Bonchev–Trinajstić information content (AvgIpc) is 2.58. The van der Waals surface area contributed by atoms with Crippen molar-refractivity contribution in [2.45, 2.75) is 13.5 Å². The van der Waals surface area contributed by atoms with Gasteiger partial charge in [0.1, 0.15) is 12.4 Å². The number of aryl methyl sites for hydroxylation is 1. The van der Waals surface area contributed by atoms with E-state index in [4.69, 9.17) is 5.73 Å². The van der Waals surface area contributed by atoms with E-state index in [9.17, 15) is 9.18 Å². The van der Waals surface area contributed by atoms with Crippen LogP contribution in [0.2, 0.25) is 0 Å². The Morgan fingerprint density at radius 2 is 2.40 bits per heavy atom. The zero-order chi connectivity index (χ0) is 11.4. The van der Waals surface area contributed by atoms with Crippen LogP contribution in [0.4, 0.5) is 10.1 Å². The van der Waals surface area contributed by atoms with Gasteiger partial charge >= 0.3 is 0 Å². The molecule has 0 aliphatic carbocycles. The van der Waals surface area contributed by atoms with Crippen molar-refractivity contribution in [2.24, 2.45) is 0 Å². The molecule has 0 spiro atoms. The molecule has 5 nitrogen and oxygen atoms in total. The van der Waals surface area contributed by atoms with E-state index in [1.807, 2.05) is 6.92 Å². The van der Waals surface area contributed by atoms with Crippen molar-refractivity contribution in [3.8, 4) is 0 Å². The largest absolute Gasteiger partial charge is 0.396 e. The standard InChI is InChI=1S/C9H15FN4O/c1-3-13(2)9(15)8-7(11)6-12-14(8)5-4-10/h6H,3-5,11H2,1-2H3. The monoisotopic (exact) mass is 214 g/mol. The van der Waals surface area contributed by atoms with Gasteiger partial charge in [-0.3, -0.25) is 9.48 Å². The molecule has 84 valence electrons. The first-order valence-electron chi connectivity index (χ1n) is 4.74. The second-order valence-corrected chi connectivity index (χ2v) is 3.18. The van der Waals surface area contributed by atoms with Crippen LogP contribution in [0.25, 0.3) is 0 Å². The summed E-state index contributed by atoms with van der Waals surface area (Å²) in [6.45, 7) is 1.90. The van der Waals surface area contributed by atoms with Crippen molar-refractivity contribution < 1.29 is 9.18 Å². The maximum atomic E-state index is 12.2. The van der Waals surface area contributed by atoms with Gasteiger partial charge < -0.3 is 10.6 Å². The number of anilines is 1. The van der Waals surface area contributed by atoms with Gasteiger partial charge in [0.15, 0.2) is 0 Å². The lowest BCUT2D eigenvalue weighted by molar-refractivity contribution is 0.0790. The Balaban J connectivity index is 3.00. The Kier molecular flexibility index (Phi) is 3.65. The minimum absolute atomic E-state index is 0.0514. The molecule has 0 fully saturated rings. The highest BCUT2D eigenvalue weighted by Gasteiger charge is 2.19.